The van der Waals surface area contributed by atoms with Gasteiger partial charge in [-0.05, 0) is 43.4 Å². The van der Waals surface area contributed by atoms with Gasteiger partial charge in [-0.25, -0.2) is 0 Å². The molecule has 3 N–H and O–H groups in total. The molecule has 106 valence electrons. The molecule has 0 aromatic heterocycles. The highest BCUT2D eigenvalue weighted by Gasteiger charge is 2.14. The van der Waals surface area contributed by atoms with Crippen LogP contribution in [0.25, 0.3) is 0 Å². The maximum absolute atomic E-state index is 8.86. The van der Waals surface area contributed by atoms with Gasteiger partial charge in [-0.15, -0.1) is 0 Å². The zero-order valence-corrected chi connectivity index (χ0v) is 11.3. The van der Waals surface area contributed by atoms with Crippen LogP contribution in [0.4, 0.5) is 0 Å². The van der Waals surface area contributed by atoms with Gasteiger partial charge >= 0.3 is 0 Å². The molecule has 0 spiro atoms. The second kappa shape index (κ2) is 7.48. The average molecular weight is 265 g/mol. The molecule has 1 fully saturated rings. The maximum Gasteiger partial charge on any atom is 0.119 e. The van der Waals surface area contributed by atoms with Crippen molar-refractivity contribution in [1.82, 2.24) is 0 Å². The Morgan fingerprint density at radius 2 is 2.11 bits per heavy atom. The van der Waals surface area contributed by atoms with Crippen LogP contribution >= 0.6 is 0 Å². The zero-order chi connectivity index (χ0) is 13.5. The highest BCUT2D eigenvalue weighted by Crippen LogP contribution is 2.19. The van der Waals surface area contributed by atoms with Crippen molar-refractivity contribution in [2.45, 2.75) is 37.8 Å². The molecule has 19 heavy (non-hydrogen) atoms. The Kier molecular flexibility index (Phi) is 5.63. The Hall–Kier alpha value is -1.10. The summed E-state index contributed by atoms with van der Waals surface area (Å²) in [5.41, 5.74) is 6.95. The van der Waals surface area contributed by atoms with Crippen LogP contribution in [0.15, 0.2) is 24.3 Å². The van der Waals surface area contributed by atoms with Crippen molar-refractivity contribution in [2.24, 2.45) is 5.73 Å². The number of hydrogen-bond acceptors (Lipinski definition) is 4. The van der Waals surface area contributed by atoms with Crippen LogP contribution in [0, 0.1) is 0 Å². The van der Waals surface area contributed by atoms with E-state index in [1.807, 2.05) is 24.3 Å². The van der Waals surface area contributed by atoms with Gasteiger partial charge in [0.05, 0.1) is 6.10 Å². The van der Waals surface area contributed by atoms with E-state index in [2.05, 4.69) is 0 Å². The van der Waals surface area contributed by atoms with E-state index in [1.165, 1.54) is 6.42 Å². The number of aliphatic hydroxyl groups is 1. The molecule has 4 nitrogen and oxygen atoms in total. The Bertz CT molecular complexity index is 360. The van der Waals surface area contributed by atoms with E-state index >= 15 is 0 Å². The third kappa shape index (κ3) is 4.49. The lowest BCUT2D eigenvalue weighted by molar-refractivity contribution is -0.0110. The van der Waals surface area contributed by atoms with Crippen LogP contribution in [0.5, 0.6) is 5.75 Å². The van der Waals surface area contributed by atoms with Crippen LogP contribution in [0.3, 0.4) is 0 Å². The molecule has 0 aliphatic carbocycles. The van der Waals surface area contributed by atoms with Gasteiger partial charge in [-0.2, -0.15) is 0 Å². The van der Waals surface area contributed by atoms with Crippen molar-refractivity contribution in [2.75, 3.05) is 19.8 Å². The van der Waals surface area contributed by atoms with Crippen LogP contribution in [-0.4, -0.2) is 31.0 Å². The molecule has 0 saturated carbocycles. The van der Waals surface area contributed by atoms with E-state index in [0.717, 1.165) is 30.8 Å². The van der Waals surface area contributed by atoms with Gasteiger partial charge in [0.25, 0.3) is 0 Å². The molecule has 2 unspecified atom stereocenters. The Morgan fingerprint density at radius 3 is 2.74 bits per heavy atom. The van der Waals surface area contributed by atoms with E-state index < -0.39 is 0 Å². The van der Waals surface area contributed by atoms with Crippen LogP contribution in [0.2, 0.25) is 0 Å². The fourth-order valence-corrected chi connectivity index (χ4v) is 2.25. The number of benzene rings is 1. The molecule has 4 heteroatoms. The minimum absolute atomic E-state index is 0.110. The van der Waals surface area contributed by atoms with Gasteiger partial charge in [0.1, 0.15) is 12.4 Å². The van der Waals surface area contributed by atoms with E-state index in [1.54, 1.807) is 0 Å². The largest absolute Gasteiger partial charge is 0.491 e. The molecular formula is C15H23NO3. The van der Waals surface area contributed by atoms with Gasteiger partial charge in [0.2, 0.25) is 0 Å². The molecule has 1 aromatic carbocycles. The first-order valence-electron chi connectivity index (χ1n) is 7.00. The first kappa shape index (κ1) is 14.3. The second-order valence-electron chi connectivity index (χ2n) is 4.99. The Balaban J connectivity index is 1.81. The summed E-state index contributed by atoms with van der Waals surface area (Å²) in [6.45, 7) is 1.57. The minimum Gasteiger partial charge on any atom is -0.491 e. The molecule has 1 saturated heterocycles. The van der Waals surface area contributed by atoms with Gasteiger partial charge in [0, 0.05) is 19.3 Å². The van der Waals surface area contributed by atoms with Crippen molar-refractivity contribution in [3.8, 4) is 5.75 Å². The Morgan fingerprint density at radius 1 is 1.32 bits per heavy atom. The highest BCUT2D eigenvalue weighted by atomic mass is 16.5. The molecule has 1 heterocycles. The van der Waals surface area contributed by atoms with Gasteiger partial charge in [-0.3, -0.25) is 0 Å². The summed E-state index contributed by atoms with van der Waals surface area (Å²) in [7, 11) is 0. The smallest absolute Gasteiger partial charge is 0.119 e. The van der Waals surface area contributed by atoms with Gasteiger partial charge in [0.15, 0.2) is 0 Å². The third-order valence-electron chi connectivity index (χ3n) is 3.46. The third-order valence-corrected chi connectivity index (χ3v) is 3.46. The second-order valence-corrected chi connectivity index (χ2v) is 4.99. The van der Waals surface area contributed by atoms with Gasteiger partial charge < -0.3 is 20.3 Å². The quantitative estimate of drug-likeness (QED) is 0.826. The number of ether oxygens (including phenoxy) is 2. The van der Waals surface area contributed by atoms with Crippen molar-refractivity contribution in [1.29, 1.82) is 0 Å². The van der Waals surface area contributed by atoms with E-state index in [0.29, 0.717) is 13.0 Å². The van der Waals surface area contributed by atoms with Crippen LogP contribution in [0.1, 0.15) is 37.3 Å². The number of nitrogens with two attached hydrogens (primary N) is 1. The molecular weight excluding hydrogens is 242 g/mol. The zero-order valence-electron chi connectivity index (χ0n) is 11.3. The molecule has 2 rings (SSSR count). The predicted octanol–water partition coefficient (Wildman–Crippen LogP) is 2.02. The summed E-state index contributed by atoms with van der Waals surface area (Å²) in [6, 6.07) is 7.65. The van der Waals surface area contributed by atoms with Gasteiger partial charge in [-0.1, -0.05) is 12.1 Å². The maximum atomic E-state index is 8.86. The molecule has 0 amide bonds. The first-order valence-corrected chi connectivity index (χ1v) is 7.00. The molecule has 1 aliphatic rings. The molecule has 2 atom stereocenters. The number of hydrogen-bond donors (Lipinski definition) is 2. The lowest BCUT2D eigenvalue weighted by Gasteiger charge is -2.22. The van der Waals surface area contributed by atoms with Crippen molar-refractivity contribution in [3.05, 3.63) is 29.8 Å². The normalized spacial score (nSPS) is 21.1. The standard InChI is InChI=1S/C15H23NO3/c16-15(8-9-17)12-4-6-13(7-5-12)19-11-14-3-1-2-10-18-14/h4-7,14-15,17H,1-3,8-11,16H2. The summed E-state index contributed by atoms with van der Waals surface area (Å²) in [4.78, 5) is 0. The van der Waals surface area contributed by atoms with E-state index in [4.69, 9.17) is 20.3 Å². The summed E-state index contributed by atoms with van der Waals surface area (Å²) >= 11 is 0. The molecule has 1 aliphatic heterocycles. The molecule has 0 radical (unpaired) electrons. The summed E-state index contributed by atoms with van der Waals surface area (Å²) in [5, 5.41) is 8.86. The van der Waals surface area contributed by atoms with Crippen molar-refractivity contribution < 1.29 is 14.6 Å². The monoisotopic (exact) mass is 265 g/mol. The number of rotatable bonds is 6. The van der Waals surface area contributed by atoms with E-state index in [9.17, 15) is 0 Å². The molecule has 1 aromatic rings. The summed E-state index contributed by atoms with van der Waals surface area (Å²) in [5.74, 6) is 0.842. The lowest BCUT2D eigenvalue weighted by Crippen LogP contribution is -2.25. The van der Waals surface area contributed by atoms with Crippen molar-refractivity contribution >= 4 is 0 Å². The first-order chi connectivity index (χ1) is 9.29. The average Bonchev–Trinajstić information content (AvgIpc) is 2.47. The van der Waals surface area contributed by atoms with Crippen LogP contribution in [-0.2, 0) is 4.74 Å². The Labute approximate surface area is 114 Å². The predicted molar refractivity (Wildman–Crippen MR) is 74.2 cm³/mol. The highest BCUT2D eigenvalue weighted by molar-refractivity contribution is 5.29. The van der Waals surface area contributed by atoms with Crippen LogP contribution < -0.4 is 10.5 Å². The van der Waals surface area contributed by atoms with Crippen molar-refractivity contribution in [3.63, 3.8) is 0 Å². The minimum atomic E-state index is -0.110. The summed E-state index contributed by atoms with van der Waals surface area (Å²) in [6.07, 6.45) is 4.28. The fraction of sp³-hybridized carbons (Fsp3) is 0.600. The molecule has 0 bridgehead atoms. The topological polar surface area (TPSA) is 64.7 Å². The van der Waals surface area contributed by atoms with E-state index in [-0.39, 0.29) is 18.8 Å². The fourth-order valence-electron chi connectivity index (χ4n) is 2.25. The number of aliphatic hydroxyl groups excluding tert-OH is 1. The lowest BCUT2D eigenvalue weighted by atomic mass is 10.1. The SMILES string of the molecule is NC(CCO)c1ccc(OCC2CCCCO2)cc1. The summed E-state index contributed by atoms with van der Waals surface area (Å²) < 4.78 is 11.3.